The Kier molecular flexibility index (Phi) is 4.56. The molecule has 0 fully saturated rings. The molecule has 2 heterocycles. The molecule has 0 saturated carbocycles. The predicted molar refractivity (Wildman–Crippen MR) is 89.0 cm³/mol. The van der Waals surface area contributed by atoms with Crippen LogP contribution < -0.4 is 5.32 Å². The molecule has 1 aliphatic heterocycles. The molecule has 0 spiro atoms. The van der Waals surface area contributed by atoms with Crippen LogP contribution in [-0.4, -0.2) is 18.5 Å². The summed E-state index contributed by atoms with van der Waals surface area (Å²) in [7, 11) is 2.24. The van der Waals surface area contributed by atoms with E-state index in [1.165, 1.54) is 26.9 Å². The molecule has 0 radical (unpaired) electrons. The van der Waals surface area contributed by atoms with Crippen molar-refractivity contribution in [3.05, 3.63) is 56.2 Å². The van der Waals surface area contributed by atoms with Crippen molar-refractivity contribution in [3.8, 4) is 0 Å². The lowest BCUT2D eigenvalue weighted by molar-refractivity contribution is 0.228. The summed E-state index contributed by atoms with van der Waals surface area (Å²) in [5, 5.41) is 5.68. The molecule has 1 N–H and O–H groups in total. The number of hydrogen-bond donors (Lipinski definition) is 1. The Morgan fingerprint density at radius 1 is 1.40 bits per heavy atom. The van der Waals surface area contributed by atoms with Crippen molar-refractivity contribution < 1.29 is 0 Å². The molecule has 2 nitrogen and oxygen atoms in total. The van der Waals surface area contributed by atoms with E-state index in [1.807, 2.05) is 11.3 Å². The Labute approximate surface area is 132 Å². The maximum absolute atomic E-state index is 3.54. The zero-order chi connectivity index (χ0) is 13.9. The van der Waals surface area contributed by atoms with Crippen LogP contribution in [0.3, 0.4) is 0 Å². The van der Waals surface area contributed by atoms with Gasteiger partial charge < -0.3 is 5.32 Å². The summed E-state index contributed by atoms with van der Waals surface area (Å²) in [6.45, 7) is 3.08. The third-order valence-electron chi connectivity index (χ3n) is 3.88. The lowest BCUT2D eigenvalue weighted by Crippen LogP contribution is -2.25. The number of halogens is 1. The van der Waals surface area contributed by atoms with Gasteiger partial charge in [0.25, 0.3) is 0 Å². The standard InChI is InChI=1S/C16H19BrN2S/c1-19(10-14-8-13(17)11-20-14)16-6-7-18-9-12-4-2-3-5-15(12)16/h2-5,8,11,16,18H,6-7,9-10H2,1H3. The van der Waals surface area contributed by atoms with Gasteiger partial charge in [0.15, 0.2) is 0 Å². The van der Waals surface area contributed by atoms with Gasteiger partial charge in [-0.15, -0.1) is 11.3 Å². The Balaban J connectivity index is 1.81. The highest BCUT2D eigenvalue weighted by Crippen LogP contribution is 2.30. The van der Waals surface area contributed by atoms with E-state index in [-0.39, 0.29) is 0 Å². The first-order chi connectivity index (χ1) is 9.74. The average Bonchev–Trinajstić information content (AvgIpc) is 2.74. The number of nitrogens with one attached hydrogen (secondary N) is 1. The van der Waals surface area contributed by atoms with Gasteiger partial charge in [0.1, 0.15) is 0 Å². The summed E-state index contributed by atoms with van der Waals surface area (Å²) < 4.78 is 1.19. The van der Waals surface area contributed by atoms with Crippen molar-refractivity contribution in [1.82, 2.24) is 10.2 Å². The van der Waals surface area contributed by atoms with E-state index >= 15 is 0 Å². The summed E-state index contributed by atoms with van der Waals surface area (Å²) in [5.41, 5.74) is 2.92. The Morgan fingerprint density at radius 3 is 3.05 bits per heavy atom. The fourth-order valence-electron chi connectivity index (χ4n) is 2.89. The van der Waals surface area contributed by atoms with Crippen LogP contribution >= 0.6 is 27.3 Å². The summed E-state index contributed by atoms with van der Waals surface area (Å²) in [6, 6.07) is 11.6. The second kappa shape index (κ2) is 6.39. The maximum atomic E-state index is 3.54. The third-order valence-corrected chi connectivity index (χ3v) is 5.57. The highest BCUT2D eigenvalue weighted by molar-refractivity contribution is 9.10. The van der Waals surface area contributed by atoms with E-state index in [2.05, 4.69) is 68.9 Å². The van der Waals surface area contributed by atoms with Gasteiger partial charge in [-0.25, -0.2) is 0 Å². The second-order valence-electron chi connectivity index (χ2n) is 5.33. The van der Waals surface area contributed by atoms with E-state index in [9.17, 15) is 0 Å². The molecule has 0 aliphatic carbocycles. The van der Waals surface area contributed by atoms with Gasteiger partial charge in [-0.2, -0.15) is 0 Å². The molecule has 0 amide bonds. The van der Waals surface area contributed by atoms with Crippen molar-refractivity contribution in [1.29, 1.82) is 0 Å². The molecule has 1 aromatic heterocycles. The minimum Gasteiger partial charge on any atom is -0.313 e. The van der Waals surface area contributed by atoms with E-state index in [1.54, 1.807) is 0 Å². The van der Waals surface area contributed by atoms with Gasteiger partial charge in [0, 0.05) is 33.9 Å². The van der Waals surface area contributed by atoms with Crippen molar-refractivity contribution in [2.24, 2.45) is 0 Å². The van der Waals surface area contributed by atoms with Crippen LogP contribution in [0.5, 0.6) is 0 Å². The second-order valence-corrected chi connectivity index (χ2v) is 7.24. The quantitative estimate of drug-likeness (QED) is 0.893. The van der Waals surface area contributed by atoms with E-state index < -0.39 is 0 Å². The van der Waals surface area contributed by atoms with Gasteiger partial charge in [-0.05, 0) is 53.1 Å². The van der Waals surface area contributed by atoms with Crippen molar-refractivity contribution in [2.45, 2.75) is 25.6 Å². The molecule has 1 aromatic carbocycles. The Bertz CT molecular complexity index is 581. The predicted octanol–water partition coefficient (Wildman–Crippen LogP) is 4.18. The maximum Gasteiger partial charge on any atom is 0.0364 e. The number of fused-ring (bicyclic) bond motifs is 1. The topological polar surface area (TPSA) is 15.3 Å². The van der Waals surface area contributed by atoms with Crippen molar-refractivity contribution in [2.75, 3.05) is 13.6 Å². The minimum atomic E-state index is 0.502. The Morgan fingerprint density at radius 2 is 2.25 bits per heavy atom. The first-order valence-corrected chi connectivity index (χ1v) is 8.63. The molecule has 0 bridgehead atoms. The largest absolute Gasteiger partial charge is 0.313 e. The van der Waals surface area contributed by atoms with Crippen LogP contribution in [0.25, 0.3) is 0 Å². The number of benzene rings is 1. The summed E-state index contributed by atoms with van der Waals surface area (Å²) >= 11 is 5.36. The Hall–Kier alpha value is -0.680. The lowest BCUT2D eigenvalue weighted by atomic mass is 9.98. The molecular formula is C16H19BrN2S. The monoisotopic (exact) mass is 350 g/mol. The van der Waals surface area contributed by atoms with Crippen LogP contribution in [0.4, 0.5) is 0 Å². The first-order valence-electron chi connectivity index (χ1n) is 6.95. The van der Waals surface area contributed by atoms with E-state index in [0.29, 0.717) is 6.04 Å². The van der Waals surface area contributed by atoms with E-state index in [0.717, 1.165) is 19.6 Å². The van der Waals surface area contributed by atoms with Gasteiger partial charge >= 0.3 is 0 Å². The molecule has 1 unspecified atom stereocenters. The highest BCUT2D eigenvalue weighted by atomic mass is 79.9. The molecule has 20 heavy (non-hydrogen) atoms. The molecule has 4 heteroatoms. The first kappa shape index (κ1) is 14.3. The smallest absolute Gasteiger partial charge is 0.0364 e. The van der Waals surface area contributed by atoms with Crippen molar-refractivity contribution >= 4 is 27.3 Å². The van der Waals surface area contributed by atoms with Crippen LogP contribution in [0, 0.1) is 0 Å². The van der Waals surface area contributed by atoms with E-state index in [4.69, 9.17) is 0 Å². The fraction of sp³-hybridized carbons (Fsp3) is 0.375. The number of nitrogens with zero attached hydrogens (tertiary/aromatic N) is 1. The lowest BCUT2D eigenvalue weighted by Gasteiger charge is -2.28. The average molecular weight is 351 g/mol. The third kappa shape index (κ3) is 3.14. The number of rotatable bonds is 3. The molecule has 0 saturated heterocycles. The molecule has 106 valence electrons. The fourth-order valence-corrected chi connectivity index (χ4v) is 4.40. The normalized spacial score (nSPS) is 18.9. The van der Waals surface area contributed by atoms with Crippen LogP contribution in [0.2, 0.25) is 0 Å². The minimum absolute atomic E-state index is 0.502. The summed E-state index contributed by atoms with van der Waals surface area (Å²) in [4.78, 5) is 3.89. The SMILES string of the molecule is CN(Cc1cc(Br)cs1)C1CCNCc2ccccc21. The molecule has 1 atom stereocenters. The summed E-state index contributed by atoms with van der Waals surface area (Å²) in [6.07, 6.45) is 1.17. The van der Waals surface area contributed by atoms with Crippen LogP contribution in [0.1, 0.15) is 28.5 Å². The number of hydrogen-bond acceptors (Lipinski definition) is 3. The summed E-state index contributed by atoms with van der Waals surface area (Å²) in [5.74, 6) is 0. The number of thiophene rings is 1. The van der Waals surface area contributed by atoms with Crippen molar-refractivity contribution in [3.63, 3.8) is 0 Å². The molecule has 1 aliphatic rings. The van der Waals surface area contributed by atoms with Gasteiger partial charge in [-0.1, -0.05) is 24.3 Å². The highest BCUT2D eigenvalue weighted by Gasteiger charge is 2.22. The molecule has 2 aromatic rings. The zero-order valence-electron chi connectivity index (χ0n) is 11.6. The van der Waals surface area contributed by atoms with Crippen LogP contribution in [0.15, 0.2) is 40.2 Å². The molecular weight excluding hydrogens is 332 g/mol. The zero-order valence-corrected chi connectivity index (χ0v) is 14.0. The molecule has 3 rings (SSSR count). The van der Waals surface area contributed by atoms with Gasteiger partial charge in [0.05, 0.1) is 0 Å². The van der Waals surface area contributed by atoms with Crippen LogP contribution in [-0.2, 0) is 13.1 Å². The van der Waals surface area contributed by atoms with Gasteiger partial charge in [0.2, 0.25) is 0 Å². The van der Waals surface area contributed by atoms with Gasteiger partial charge in [-0.3, -0.25) is 4.90 Å².